The summed E-state index contributed by atoms with van der Waals surface area (Å²) in [4.78, 5) is 17.0. The lowest BCUT2D eigenvalue weighted by molar-refractivity contribution is 0.0954. The first kappa shape index (κ1) is 20.1. The number of hydrogen-bond acceptors (Lipinski definition) is 4. The third-order valence-corrected chi connectivity index (χ3v) is 5.16. The monoisotopic (exact) mass is 394 g/mol. The van der Waals surface area contributed by atoms with Crippen LogP contribution in [-0.2, 0) is 6.42 Å². The molecule has 3 rings (SSSR count). The Morgan fingerprint density at radius 1 is 1.11 bits per heavy atom. The highest BCUT2D eigenvalue weighted by atomic mass is 32.1. The number of carbonyl (C=O) groups excluding carboxylic acids is 1. The average Bonchev–Trinajstić information content (AvgIpc) is 3.16. The SMILES string of the molecule is Cc1ccc(-c2nc(CCNC(=O)c3ccc(OCC(C)C)cc3)cs2)cc1. The van der Waals surface area contributed by atoms with Gasteiger partial charge in [-0.05, 0) is 37.1 Å². The molecule has 0 spiro atoms. The van der Waals surface area contributed by atoms with E-state index in [1.165, 1.54) is 5.56 Å². The third-order valence-electron chi connectivity index (χ3n) is 4.22. The normalized spacial score (nSPS) is 10.9. The molecule has 5 heteroatoms. The second-order valence-corrected chi connectivity index (χ2v) is 8.10. The molecule has 0 aliphatic rings. The predicted octanol–water partition coefficient (Wildman–Crippen LogP) is 5.13. The zero-order valence-corrected chi connectivity index (χ0v) is 17.4. The van der Waals surface area contributed by atoms with Crippen LogP contribution >= 0.6 is 11.3 Å². The molecule has 0 saturated carbocycles. The largest absolute Gasteiger partial charge is 0.493 e. The van der Waals surface area contributed by atoms with Crippen LogP contribution in [0.25, 0.3) is 10.6 Å². The minimum atomic E-state index is -0.0793. The Balaban J connectivity index is 1.48. The molecule has 0 unspecified atom stereocenters. The van der Waals surface area contributed by atoms with Gasteiger partial charge in [-0.3, -0.25) is 4.79 Å². The van der Waals surface area contributed by atoms with Crippen LogP contribution in [-0.4, -0.2) is 24.0 Å². The van der Waals surface area contributed by atoms with Crippen molar-refractivity contribution in [2.24, 2.45) is 5.92 Å². The number of carbonyl (C=O) groups is 1. The lowest BCUT2D eigenvalue weighted by Gasteiger charge is -2.09. The number of hydrogen-bond donors (Lipinski definition) is 1. The van der Waals surface area contributed by atoms with E-state index in [-0.39, 0.29) is 5.91 Å². The summed E-state index contributed by atoms with van der Waals surface area (Å²) in [7, 11) is 0. The standard InChI is InChI=1S/C23H26N2O2S/c1-16(2)14-27-21-10-8-18(9-11-21)22(26)24-13-12-20-15-28-23(25-20)19-6-4-17(3)5-7-19/h4-11,15-16H,12-14H2,1-3H3,(H,24,26). The molecule has 146 valence electrons. The van der Waals surface area contributed by atoms with Crippen LogP contribution < -0.4 is 10.1 Å². The summed E-state index contributed by atoms with van der Waals surface area (Å²) in [5.41, 5.74) is 4.00. The topological polar surface area (TPSA) is 51.2 Å². The van der Waals surface area contributed by atoms with Crippen molar-refractivity contribution in [3.8, 4) is 16.3 Å². The summed E-state index contributed by atoms with van der Waals surface area (Å²) in [6.07, 6.45) is 0.712. The number of aromatic nitrogens is 1. The van der Waals surface area contributed by atoms with E-state index < -0.39 is 0 Å². The Kier molecular flexibility index (Phi) is 6.82. The molecule has 3 aromatic rings. The van der Waals surface area contributed by atoms with Crippen LogP contribution in [0.4, 0.5) is 0 Å². The number of aryl methyl sites for hydroxylation is 1. The van der Waals surface area contributed by atoms with E-state index in [2.05, 4.69) is 60.7 Å². The van der Waals surface area contributed by atoms with Gasteiger partial charge >= 0.3 is 0 Å². The molecule has 1 amide bonds. The molecule has 0 aliphatic heterocycles. The molecule has 0 saturated heterocycles. The number of rotatable bonds is 8. The zero-order chi connectivity index (χ0) is 19.9. The minimum absolute atomic E-state index is 0.0793. The van der Waals surface area contributed by atoms with E-state index in [0.717, 1.165) is 22.0 Å². The Morgan fingerprint density at radius 3 is 2.50 bits per heavy atom. The van der Waals surface area contributed by atoms with Crippen molar-refractivity contribution >= 4 is 17.2 Å². The van der Waals surface area contributed by atoms with Gasteiger partial charge in [0.15, 0.2) is 0 Å². The van der Waals surface area contributed by atoms with Gasteiger partial charge in [0.2, 0.25) is 0 Å². The van der Waals surface area contributed by atoms with Gasteiger partial charge in [0.25, 0.3) is 5.91 Å². The summed E-state index contributed by atoms with van der Waals surface area (Å²) in [6, 6.07) is 15.6. The molecular weight excluding hydrogens is 368 g/mol. The van der Waals surface area contributed by atoms with Gasteiger partial charge < -0.3 is 10.1 Å². The maximum atomic E-state index is 12.3. The van der Waals surface area contributed by atoms with Crippen LogP contribution in [0, 0.1) is 12.8 Å². The van der Waals surface area contributed by atoms with Gasteiger partial charge in [0, 0.05) is 29.5 Å². The van der Waals surface area contributed by atoms with Crippen molar-refractivity contribution < 1.29 is 9.53 Å². The summed E-state index contributed by atoms with van der Waals surface area (Å²) in [6.45, 7) is 7.51. The Labute approximate surface area is 170 Å². The molecule has 0 bridgehead atoms. The van der Waals surface area contributed by atoms with E-state index in [9.17, 15) is 4.79 Å². The van der Waals surface area contributed by atoms with E-state index >= 15 is 0 Å². The lowest BCUT2D eigenvalue weighted by atomic mass is 10.2. The lowest BCUT2D eigenvalue weighted by Crippen LogP contribution is -2.25. The summed E-state index contributed by atoms with van der Waals surface area (Å²) < 4.78 is 5.65. The fraction of sp³-hybridized carbons (Fsp3) is 0.304. The zero-order valence-electron chi connectivity index (χ0n) is 16.6. The predicted molar refractivity (Wildman–Crippen MR) is 115 cm³/mol. The molecule has 0 radical (unpaired) electrons. The van der Waals surface area contributed by atoms with Gasteiger partial charge in [-0.1, -0.05) is 43.7 Å². The van der Waals surface area contributed by atoms with Gasteiger partial charge in [0.05, 0.1) is 12.3 Å². The molecule has 28 heavy (non-hydrogen) atoms. The first-order chi connectivity index (χ1) is 13.5. The van der Waals surface area contributed by atoms with Crippen LogP contribution in [0.15, 0.2) is 53.9 Å². The molecule has 1 aromatic heterocycles. The maximum absolute atomic E-state index is 12.3. The second-order valence-electron chi connectivity index (χ2n) is 7.25. The highest BCUT2D eigenvalue weighted by Crippen LogP contribution is 2.24. The number of thiazole rings is 1. The van der Waals surface area contributed by atoms with Crippen molar-refractivity contribution in [1.29, 1.82) is 0 Å². The second kappa shape index (κ2) is 9.51. The van der Waals surface area contributed by atoms with Crippen molar-refractivity contribution in [1.82, 2.24) is 10.3 Å². The number of nitrogens with one attached hydrogen (secondary N) is 1. The molecule has 1 N–H and O–H groups in total. The molecule has 4 nitrogen and oxygen atoms in total. The van der Waals surface area contributed by atoms with Crippen molar-refractivity contribution in [3.63, 3.8) is 0 Å². The first-order valence-electron chi connectivity index (χ1n) is 9.54. The van der Waals surface area contributed by atoms with E-state index in [1.807, 2.05) is 12.1 Å². The maximum Gasteiger partial charge on any atom is 0.251 e. The summed E-state index contributed by atoms with van der Waals surface area (Å²) in [5.74, 6) is 1.18. The molecule has 0 aliphatic carbocycles. The number of nitrogens with zero attached hydrogens (tertiary/aromatic N) is 1. The van der Waals surface area contributed by atoms with Crippen LogP contribution in [0.2, 0.25) is 0 Å². The Hall–Kier alpha value is -2.66. The number of amides is 1. The van der Waals surface area contributed by atoms with Gasteiger partial charge in [-0.15, -0.1) is 11.3 Å². The van der Waals surface area contributed by atoms with Crippen LogP contribution in [0.5, 0.6) is 5.75 Å². The minimum Gasteiger partial charge on any atom is -0.493 e. The first-order valence-corrected chi connectivity index (χ1v) is 10.4. The summed E-state index contributed by atoms with van der Waals surface area (Å²) >= 11 is 1.63. The van der Waals surface area contributed by atoms with Crippen LogP contribution in [0.3, 0.4) is 0 Å². The third kappa shape index (κ3) is 5.67. The molecule has 2 aromatic carbocycles. The molecule has 0 atom stereocenters. The van der Waals surface area contributed by atoms with Gasteiger partial charge in [0.1, 0.15) is 10.8 Å². The Bertz CT molecular complexity index is 899. The quantitative estimate of drug-likeness (QED) is 0.576. The summed E-state index contributed by atoms with van der Waals surface area (Å²) in [5, 5.41) is 6.03. The fourth-order valence-corrected chi connectivity index (χ4v) is 3.48. The van der Waals surface area contributed by atoms with Crippen molar-refractivity contribution in [2.75, 3.05) is 13.2 Å². The smallest absolute Gasteiger partial charge is 0.251 e. The molecule has 1 heterocycles. The highest BCUT2D eigenvalue weighted by Gasteiger charge is 2.08. The van der Waals surface area contributed by atoms with Crippen LogP contribution in [0.1, 0.15) is 35.5 Å². The van der Waals surface area contributed by atoms with Gasteiger partial charge in [-0.2, -0.15) is 0 Å². The van der Waals surface area contributed by atoms with Crippen molar-refractivity contribution in [2.45, 2.75) is 27.2 Å². The fourth-order valence-electron chi connectivity index (χ4n) is 2.62. The average molecular weight is 395 g/mol. The Morgan fingerprint density at radius 2 is 1.82 bits per heavy atom. The van der Waals surface area contributed by atoms with E-state index in [0.29, 0.717) is 31.1 Å². The van der Waals surface area contributed by atoms with Gasteiger partial charge in [-0.25, -0.2) is 4.98 Å². The highest BCUT2D eigenvalue weighted by molar-refractivity contribution is 7.13. The molecular formula is C23H26N2O2S. The number of benzene rings is 2. The number of ether oxygens (including phenoxy) is 1. The molecule has 0 fully saturated rings. The van der Waals surface area contributed by atoms with E-state index in [1.54, 1.807) is 23.5 Å². The van der Waals surface area contributed by atoms with Crippen molar-refractivity contribution in [3.05, 3.63) is 70.7 Å². The van der Waals surface area contributed by atoms with E-state index in [4.69, 9.17) is 4.74 Å².